The molecule has 152 valence electrons. The molecule has 2 aromatic carbocycles. The first-order valence-electron chi connectivity index (χ1n) is 9.09. The minimum atomic E-state index is -0.730. The third-order valence-corrected chi connectivity index (χ3v) is 4.38. The number of esters is 1. The van der Waals surface area contributed by atoms with Crippen molar-refractivity contribution in [1.82, 2.24) is 0 Å². The molecule has 0 aliphatic rings. The number of Topliss-reactive ketones (excluding diaryl/α,β-unsaturated/α-hetero) is 1. The van der Waals surface area contributed by atoms with E-state index < -0.39 is 18.4 Å². The van der Waals surface area contributed by atoms with Crippen molar-refractivity contribution in [3.63, 3.8) is 0 Å². The summed E-state index contributed by atoms with van der Waals surface area (Å²) >= 11 is 0. The van der Waals surface area contributed by atoms with Crippen molar-refractivity contribution in [1.29, 1.82) is 0 Å². The third kappa shape index (κ3) is 4.41. The van der Waals surface area contributed by atoms with Crippen LogP contribution in [0.4, 0.5) is 0 Å². The van der Waals surface area contributed by atoms with Crippen molar-refractivity contribution in [3.05, 3.63) is 59.4 Å². The van der Waals surface area contributed by atoms with E-state index in [1.165, 1.54) is 20.3 Å². The van der Waals surface area contributed by atoms with Gasteiger partial charge in [0.25, 0.3) is 0 Å². The Morgan fingerprint density at radius 2 is 1.83 bits per heavy atom. The molecule has 0 fully saturated rings. The van der Waals surface area contributed by atoms with Gasteiger partial charge in [0.05, 0.1) is 26.4 Å². The normalized spacial score (nSPS) is 10.7. The topological polar surface area (TPSA) is 84.2 Å². The zero-order valence-corrected chi connectivity index (χ0v) is 16.5. The summed E-state index contributed by atoms with van der Waals surface area (Å²) in [5.41, 5.74) is 1.41. The number of ether oxygens (including phenoxy) is 4. The Labute approximate surface area is 168 Å². The quantitative estimate of drug-likeness (QED) is 0.397. The minimum absolute atomic E-state index is 0.0325. The van der Waals surface area contributed by atoms with Gasteiger partial charge in [-0.15, -0.1) is 0 Å². The van der Waals surface area contributed by atoms with Gasteiger partial charge in [-0.1, -0.05) is 18.2 Å². The lowest BCUT2D eigenvalue weighted by Crippen LogP contribution is -2.16. The van der Waals surface area contributed by atoms with Crippen LogP contribution in [0.1, 0.15) is 33.4 Å². The van der Waals surface area contributed by atoms with Crippen LogP contribution in [-0.2, 0) is 16.1 Å². The number of carbonyl (C=O) groups excluding carboxylic acids is 2. The Morgan fingerprint density at radius 1 is 1.03 bits per heavy atom. The van der Waals surface area contributed by atoms with Crippen molar-refractivity contribution < 1.29 is 33.0 Å². The number of rotatable bonds is 9. The van der Waals surface area contributed by atoms with Crippen molar-refractivity contribution in [2.24, 2.45) is 0 Å². The van der Waals surface area contributed by atoms with Gasteiger partial charge in [0.2, 0.25) is 11.5 Å². The molecular weight excluding hydrogens is 376 g/mol. The van der Waals surface area contributed by atoms with Gasteiger partial charge >= 0.3 is 5.97 Å². The minimum Gasteiger partial charge on any atom is -0.497 e. The van der Waals surface area contributed by atoms with Crippen molar-refractivity contribution in [2.45, 2.75) is 13.5 Å². The highest BCUT2D eigenvalue weighted by Crippen LogP contribution is 2.28. The van der Waals surface area contributed by atoms with Gasteiger partial charge in [0, 0.05) is 17.6 Å². The van der Waals surface area contributed by atoms with Gasteiger partial charge in [0.15, 0.2) is 6.61 Å². The molecule has 0 aliphatic carbocycles. The van der Waals surface area contributed by atoms with Crippen LogP contribution >= 0.6 is 0 Å². The first-order chi connectivity index (χ1) is 14.1. The highest BCUT2D eigenvalue weighted by Gasteiger charge is 2.23. The molecule has 7 nitrogen and oxygen atoms in total. The number of hydrogen-bond donors (Lipinski definition) is 0. The molecule has 0 aliphatic heterocycles. The maximum atomic E-state index is 12.6. The largest absolute Gasteiger partial charge is 0.497 e. The SMILES string of the molecule is CCOCc1c(C(=O)OCC(=O)c2cc(OC)ccc2OC)oc2ccccc12. The lowest BCUT2D eigenvalue weighted by molar-refractivity contribution is 0.0438. The van der Waals surface area contributed by atoms with E-state index in [0.29, 0.717) is 29.3 Å². The summed E-state index contributed by atoms with van der Waals surface area (Å²) < 4.78 is 26.7. The molecule has 0 radical (unpaired) electrons. The van der Waals surface area contributed by atoms with Gasteiger partial charge in [0.1, 0.15) is 17.1 Å². The van der Waals surface area contributed by atoms with E-state index in [1.54, 1.807) is 18.2 Å². The molecule has 0 saturated heterocycles. The molecule has 7 heteroatoms. The summed E-state index contributed by atoms with van der Waals surface area (Å²) in [6, 6.07) is 12.1. The molecule has 0 atom stereocenters. The number of fused-ring (bicyclic) bond motifs is 1. The molecule has 0 unspecified atom stereocenters. The number of para-hydroxylation sites is 1. The summed E-state index contributed by atoms with van der Waals surface area (Å²) in [5, 5.41) is 0.772. The molecule has 29 heavy (non-hydrogen) atoms. The summed E-state index contributed by atoms with van der Waals surface area (Å²) in [5.74, 6) is -0.253. The molecule has 3 aromatic rings. The average molecular weight is 398 g/mol. The van der Waals surface area contributed by atoms with E-state index in [-0.39, 0.29) is 17.9 Å². The van der Waals surface area contributed by atoms with Crippen LogP contribution in [0, 0.1) is 0 Å². The number of hydrogen-bond acceptors (Lipinski definition) is 7. The standard InChI is InChI=1S/C22H22O7/c1-4-27-12-17-15-7-5-6-8-20(15)29-21(17)22(24)28-13-18(23)16-11-14(25-2)9-10-19(16)26-3/h5-11H,4,12-13H2,1-3H3. The predicted molar refractivity (Wildman–Crippen MR) is 106 cm³/mol. The second kappa shape index (κ2) is 9.25. The maximum absolute atomic E-state index is 12.6. The number of benzene rings is 2. The summed E-state index contributed by atoms with van der Waals surface area (Å²) in [6.07, 6.45) is 0. The Kier molecular flexibility index (Phi) is 6.51. The predicted octanol–water partition coefficient (Wildman–Crippen LogP) is 4.03. The molecular formula is C22H22O7. The summed E-state index contributed by atoms with van der Waals surface area (Å²) in [7, 11) is 2.95. The van der Waals surface area contributed by atoms with Gasteiger partial charge < -0.3 is 23.4 Å². The zero-order chi connectivity index (χ0) is 20.8. The number of furan rings is 1. The smallest absolute Gasteiger partial charge is 0.375 e. The van der Waals surface area contributed by atoms with Crippen molar-refractivity contribution >= 4 is 22.7 Å². The van der Waals surface area contributed by atoms with E-state index >= 15 is 0 Å². The number of ketones is 1. The highest BCUT2D eigenvalue weighted by molar-refractivity contribution is 6.02. The molecule has 3 rings (SSSR count). The van der Waals surface area contributed by atoms with Crippen LogP contribution in [0.5, 0.6) is 11.5 Å². The maximum Gasteiger partial charge on any atom is 0.375 e. The van der Waals surface area contributed by atoms with E-state index in [0.717, 1.165) is 5.39 Å². The second-order valence-electron chi connectivity index (χ2n) is 6.11. The van der Waals surface area contributed by atoms with Crippen LogP contribution in [0.15, 0.2) is 46.9 Å². The van der Waals surface area contributed by atoms with E-state index in [2.05, 4.69) is 0 Å². The first kappa shape index (κ1) is 20.4. The lowest BCUT2D eigenvalue weighted by Gasteiger charge is -2.10. The molecule has 1 aromatic heterocycles. The van der Waals surface area contributed by atoms with Gasteiger partial charge in [-0.2, -0.15) is 0 Å². The fourth-order valence-corrected chi connectivity index (χ4v) is 2.92. The van der Waals surface area contributed by atoms with E-state index in [1.807, 2.05) is 25.1 Å². The molecule has 0 N–H and O–H groups in total. The van der Waals surface area contributed by atoms with Crippen LogP contribution < -0.4 is 9.47 Å². The van der Waals surface area contributed by atoms with Crippen LogP contribution in [-0.4, -0.2) is 39.2 Å². The Morgan fingerprint density at radius 3 is 2.55 bits per heavy atom. The summed E-state index contributed by atoms with van der Waals surface area (Å²) in [4.78, 5) is 25.2. The van der Waals surface area contributed by atoms with Crippen molar-refractivity contribution in [2.75, 3.05) is 27.4 Å². The number of carbonyl (C=O) groups is 2. The van der Waals surface area contributed by atoms with Crippen molar-refractivity contribution in [3.8, 4) is 11.5 Å². The Balaban J connectivity index is 1.80. The molecule has 1 heterocycles. The summed E-state index contributed by atoms with van der Waals surface area (Å²) in [6.45, 7) is 2.09. The zero-order valence-electron chi connectivity index (χ0n) is 16.5. The van der Waals surface area contributed by atoms with Crippen LogP contribution in [0.25, 0.3) is 11.0 Å². The lowest BCUT2D eigenvalue weighted by atomic mass is 10.1. The Hall–Kier alpha value is -3.32. The Bertz CT molecular complexity index is 1020. The van der Waals surface area contributed by atoms with Gasteiger partial charge in [-0.05, 0) is 31.2 Å². The third-order valence-electron chi connectivity index (χ3n) is 4.38. The van der Waals surface area contributed by atoms with E-state index in [4.69, 9.17) is 23.4 Å². The van der Waals surface area contributed by atoms with Gasteiger partial charge in [-0.3, -0.25) is 4.79 Å². The van der Waals surface area contributed by atoms with E-state index in [9.17, 15) is 9.59 Å². The average Bonchev–Trinajstić information content (AvgIpc) is 3.13. The number of methoxy groups -OCH3 is 2. The fraction of sp³-hybridized carbons (Fsp3) is 0.273. The monoisotopic (exact) mass is 398 g/mol. The fourth-order valence-electron chi connectivity index (χ4n) is 2.92. The molecule has 0 bridgehead atoms. The molecule has 0 saturated carbocycles. The first-order valence-corrected chi connectivity index (χ1v) is 9.09. The molecule has 0 amide bonds. The van der Waals surface area contributed by atoms with Gasteiger partial charge in [-0.25, -0.2) is 4.79 Å². The molecule has 0 spiro atoms. The van der Waals surface area contributed by atoms with Crippen LogP contribution in [0.3, 0.4) is 0 Å². The van der Waals surface area contributed by atoms with Crippen LogP contribution in [0.2, 0.25) is 0 Å². The second-order valence-corrected chi connectivity index (χ2v) is 6.11. The highest BCUT2D eigenvalue weighted by atomic mass is 16.5.